The molecule has 1 amide bonds. The molecule has 180 valence electrons. The van der Waals surface area contributed by atoms with Gasteiger partial charge in [-0.25, -0.2) is 10.4 Å². The molecule has 0 spiro atoms. The Morgan fingerprint density at radius 3 is 2.77 bits per heavy atom. The Morgan fingerprint density at radius 2 is 1.97 bits per heavy atom. The molecule has 35 heavy (non-hydrogen) atoms. The zero-order valence-electron chi connectivity index (χ0n) is 19.3. The Balaban J connectivity index is 1.36. The van der Waals surface area contributed by atoms with Crippen molar-refractivity contribution in [1.82, 2.24) is 10.4 Å². The Hall–Kier alpha value is -3.07. The summed E-state index contributed by atoms with van der Waals surface area (Å²) in [6.07, 6.45) is 1.53. The fourth-order valence-electron chi connectivity index (χ4n) is 3.24. The van der Waals surface area contributed by atoms with Gasteiger partial charge in [0.05, 0.1) is 33.8 Å². The standard InChI is InChI=1S/C26H24ClN3O3S2/c1-3-32-22-13-18(12-20(27)25(22)33-15-19-9-5-4-8-17(19)2)14-28-30-24(31)16-34-26-29-21-10-6-7-11-23(21)35-26/h4-14H,3,15-16H2,1-2H3,(H,30,31)/b28-14-. The monoisotopic (exact) mass is 525 g/mol. The largest absolute Gasteiger partial charge is 0.490 e. The molecule has 0 aliphatic heterocycles. The third-order valence-electron chi connectivity index (χ3n) is 4.97. The highest BCUT2D eigenvalue weighted by atomic mass is 35.5. The lowest BCUT2D eigenvalue weighted by Gasteiger charge is -2.15. The summed E-state index contributed by atoms with van der Waals surface area (Å²) >= 11 is 9.45. The highest BCUT2D eigenvalue weighted by Gasteiger charge is 2.13. The second-order valence-corrected chi connectivity index (χ2v) is 10.2. The first-order valence-electron chi connectivity index (χ1n) is 11.0. The zero-order valence-corrected chi connectivity index (χ0v) is 21.7. The van der Waals surface area contributed by atoms with Gasteiger partial charge in [-0.2, -0.15) is 5.10 Å². The van der Waals surface area contributed by atoms with Gasteiger partial charge in [0.15, 0.2) is 15.8 Å². The van der Waals surface area contributed by atoms with Crippen LogP contribution in [0.5, 0.6) is 11.5 Å². The first-order valence-corrected chi connectivity index (χ1v) is 13.2. The van der Waals surface area contributed by atoms with Crippen LogP contribution in [0, 0.1) is 6.92 Å². The van der Waals surface area contributed by atoms with Gasteiger partial charge >= 0.3 is 0 Å². The lowest BCUT2D eigenvalue weighted by Crippen LogP contribution is -2.19. The molecule has 0 aliphatic rings. The molecule has 0 bridgehead atoms. The van der Waals surface area contributed by atoms with Crippen LogP contribution in [-0.2, 0) is 11.4 Å². The number of hydrogen-bond donors (Lipinski definition) is 1. The fourth-order valence-corrected chi connectivity index (χ4v) is 5.37. The number of fused-ring (bicyclic) bond motifs is 1. The van der Waals surface area contributed by atoms with Crippen LogP contribution in [0.4, 0.5) is 0 Å². The molecule has 3 aromatic carbocycles. The minimum atomic E-state index is -0.222. The third-order valence-corrected chi connectivity index (χ3v) is 7.43. The van der Waals surface area contributed by atoms with E-state index in [1.165, 1.54) is 18.0 Å². The summed E-state index contributed by atoms with van der Waals surface area (Å²) in [5.74, 6) is 0.992. The number of amides is 1. The number of ether oxygens (including phenoxy) is 2. The van der Waals surface area contributed by atoms with Crippen molar-refractivity contribution < 1.29 is 14.3 Å². The minimum absolute atomic E-state index is 0.216. The average molecular weight is 526 g/mol. The van der Waals surface area contributed by atoms with E-state index < -0.39 is 0 Å². The first kappa shape index (κ1) is 25.0. The van der Waals surface area contributed by atoms with E-state index in [0.29, 0.717) is 35.3 Å². The van der Waals surface area contributed by atoms with Crippen molar-refractivity contribution >= 4 is 57.0 Å². The molecule has 0 saturated carbocycles. The van der Waals surface area contributed by atoms with Crippen LogP contribution in [0.25, 0.3) is 10.2 Å². The summed E-state index contributed by atoms with van der Waals surface area (Å²) in [6, 6.07) is 19.4. The molecular formula is C26H24ClN3O3S2. The number of nitrogens with zero attached hydrogens (tertiary/aromatic N) is 2. The van der Waals surface area contributed by atoms with Gasteiger partial charge in [0.1, 0.15) is 6.61 Å². The number of para-hydroxylation sites is 1. The number of nitrogens with one attached hydrogen (secondary N) is 1. The number of carbonyl (C=O) groups is 1. The molecule has 9 heteroatoms. The molecule has 0 fully saturated rings. The maximum atomic E-state index is 12.2. The van der Waals surface area contributed by atoms with Crippen LogP contribution < -0.4 is 14.9 Å². The number of benzene rings is 3. The molecule has 6 nitrogen and oxygen atoms in total. The summed E-state index contributed by atoms with van der Waals surface area (Å²) < 4.78 is 13.7. The number of hydrogen-bond acceptors (Lipinski definition) is 7. The fraction of sp³-hybridized carbons (Fsp3) is 0.192. The van der Waals surface area contributed by atoms with E-state index in [9.17, 15) is 4.79 Å². The van der Waals surface area contributed by atoms with Gasteiger partial charge in [-0.1, -0.05) is 59.8 Å². The molecule has 4 rings (SSSR count). The second-order valence-electron chi connectivity index (χ2n) is 7.51. The Morgan fingerprint density at radius 1 is 1.17 bits per heavy atom. The highest BCUT2D eigenvalue weighted by Crippen LogP contribution is 2.37. The molecule has 4 aromatic rings. The van der Waals surface area contributed by atoms with Gasteiger partial charge in [0, 0.05) is 0 Å². The molecule has 1 aromatic heterocycles. The summed E-state index contributed by atoms with van der Waals surface area (Å²) in [5, 5.41) is 4.47. The minimum Gasteiger partial charge on any atom is -0.490 e. The second kappa shape index (κ2) is 12.1. The molecule has 1 N–H and O–H groups in total. The van der Waals surface area contributed by atoms with Gasteiger partial charge in [0.25, 0.3) is 5.91 Å². The van der Waals surface area contributed by atoms with Crippen molar-refractivity contribution in [3.05, 3.63) is 82.4 Å². The Labute approximate surface area is 217 Å². The van der Waals surface area contributed by atoms with E-state index in [0.717, 1.165) is 25.7 Å². The van der Waals surface area contributed by atoms with Crippen LogP contribution in [0.3, 0.4) is 0 Å². The van der Waals surface area contributed by atoms with Gasteiger partial charge in [-0.05, 0) is 54.8 Å². The van der Waals surface area contributed by atoms with E-state index in [1.54, 1.807) is 23.5 Å². The highest BCUT2D eigenvalue weighted by molar-refractivity contribution is 8.01. The van der Waals surface area contributed by atoms with E-state index in [2.05, 4.69) is 15.5 Å². The third kappa shape index (κ3) is 6.75. The zero-order chi connectivity index (χ0) is 24.6. The van der Waals surface area contributed by atoms with Crippen LogP contribution >= 0.6 is 34.7 Å². The van der Waals surface area contributed by atoms with Crippen molar-refractivity contribution in [1.29, 1.82) is 0 Å². The number of carbonyl (C=O) groups excluding carboxylic acids is 1. The predicted molar refractivity (Wildman–Crippen MR) is 144 cm³/mol. The summed E-state index contributed by atoms with van der Waals surface area (Å²) in [4.78, 5) is 16.7. The molecular weight excluding hydrogens is 502 g/mol. The number of hydrazone groups is 1. The Bertz CT molecular complexity index is 1320. The maximum Gasteiger partial charge on any atom is 0.250 e. The van der Waals surface area contributed by atoms with E-state index in [4.69, 9.17) is 21.1 Å². The van der Waals surface area contributed by atoms with Crippen LogP contribution in [0.2, 0.25) is 5.02 Å². The molecule has 0 unspecified atom stereocenters. The molecule has 0 aliphatic carbocycles. The predicted octanol–water partition coefficient (Wildman–Crippen LogP) is 6.48. The Kier molecular flexibility index (Phi) is 8.63. The van der Waals surface area contributed by atoms with E-state index in [-0.39, 0.29) is 11.7 Å². The molecule has 0 saturated heterocycles. The quantitative estimate of drug-likeness (QED) is 0.146. The number of aryl methyl sites for hydroxylation is 1. The number of thioether (sulfide) groups is 1. The van der Waals surface area contributed by atoms with Crippen molar-refractivity contribution in [3.63, 3.8) is 0 Å². The number of halogens is 1. The van der Waals surface area contributed by atoms with E-state index in [1.807, 2.05) is 62.4 Å². The van der Waals surface area contributed by atoms with Crippen LogP contribution in [-0.4, -0.2) is 29.5 Å². The molecule has 0 radical (unpaired) electrons. The number of rotatable bonds is 10. The topological polar surface area (TPSA) is 72.8 Å². The first-order chi connectivity index (χ1) is 17.0. The summed E-state index contributed by atoms with van der Waals surface area (Å²) in [5.41, 5.74) is 6.38. The smallest absolute Gasteiger partial charge is 0.250 e. The van der Waals surface area contributed by atoms with Gasteiger partial charge in [-0.3, -0.25) is 4.79 Å². The maximum absolute atomic E-state index is 12.2. The van der Waals surface area contributed by atoms with Gasteiger partial charge in [-0.15, -0.1) is 11.3 Å². The summed E-state index contributed by atoms with van der Waals surface area (Å²) in [6.45, 7) is 4.76. The van der Waals surface area contributed by atoms with E-state index >= 15 is 0 Å². The van der Waals surface area contributed by atoms with Crippen molar-refractivity contribution in [2.24, 2.45) is 5.10 Å². The van der Waals surface area contributed by atoms with Crippen molar-refractivity contribution in [2.45, 2.75) is 24.8 Å². The normalized spacial score (nSPS) is 11.2. The summed E-state index contributed by atoms with van der Waals surface area (Å²) in [7, 11) is 0. The van der Waals surface area contributed by atoms with Gasteiger partial charge < -0.3 is 9.47 Å². The lowest BCUT2D eigenvalue weighted by atomic mass is 10.1. The number of thiazole rings is 1. The lowest BCUT2D eigenvalue weighted by molar-refractivity contribution is -0.118. The number of aromatic nitrogens is 1. The average Bonchev–Trinajstić information content (AvgIpc) is 3.27. The van der Waals surface area contributed by atoms with Crippen molar-refractivity contribution in [2.75, 3.05) is 12.4 Å². The van der Waals surface area contributed by atoms with Crippen LogP contribution in [0.15, 0.2) is 70.1 Å². The van der Waals surface area contributed by atoms with Gasteiger partial charge in [0.2, 0.25) is 0 Å². The van der Waals surface area contributed by atoms with Crippen molar-refractivity contribution in [3.8, 4) is 11.5 Å². The SMILES string of the molecule is CCOc1cc(/C=N\NC(=O)CSc2nc3ccccc3s2)cc(Cl)c1OCc1ccccc1C. The molecule has 0 atom stereocenters. The molecule has 1 heterocycles. The van der Waals surface area contributed by atoms with Crippen LogP contribution in [0.1, 0.15) is 23.6 Å².